The van der Waals surface area contributed by atoms with Crippen LogP contribution in [0.15, 0.2) is 24.3 Å². The summed E-state index contributed by atoms with van der Waals surface area (Å²) in [6.07, 6.45) is -4.32. The minimum Gasteiger partial charge on any atom is -0.297 e. The third kappa shape index (κ3) is 3.96. The summed E-state index contributed by atoms with van der Waals surface area (Å²) in [5.74, 6) is 5.66. The van der Waals surface area contributed by atoms with Crippen molar-refractivity contribution in [3.63, 3.8) is 0 Å². The van der Waals surface area contributed by atoms with Crippen LogP contribution in [0, 0.1) is 0 Å². The molecule has 6 heteroatoms. The molecular weight excluding hydrogens is 279 g/mol. The first kappa shape index (κ1) is 17.9. The molecule has 3 nitrogen and oxygen atoms in total. The van der Waals surface area contributed by atoms with Crippen LogP contribution in [0.5, 0.6) is 0 Å². The van der Waals surface area contributed by atoms with Crippen LogP contribution in [-0.2, 0) is 6.18 Å². The summed E-state index contributed by atoms with van der Waals surface area (Å²) < 4.78 is 37.9. The highest BCUT2D eigenvalue weighted by Gasteiger charge is 2.35. The Hall–Kier alpha value is -1.11. The van der Waals surface area contributed by atoms with E-state index in [2.05, 4.69) is 10.3 Å². The molecule has 0 aliphatic rings. The summed E-state index contributed by atoms with van der Waals surface area (Å²) in [5, 5.41) is 0. The van der Waals surface area contributed by atoms with E-state index in [1.807, 2.05) is 27.7 Å². The highest BCUT2D eigenvalue weighted by molar-refractivity contribution is 5.28. The largest absolute Gasteiger partial charge is 0.416 e. The SMILES string of the molecule is CCN(CC)C(C)(C)C(NN)c1ccc(C(F)(F)F)cc1. The molecule has 0 saturated heterocycles. The lowest BCUT2D eigenvalue weighted by Gasteiger charge is -2.43. The van der Waals surface area contributed by atoms with E-state index in [4.69, 9.17) is 5.84 Å². The molecule has 0 spiro atoms. The summed E-state index contributed by atoms with van der Waals surface area (Å²) in [7, 11) is 0. The number of nitrogens with one attached hydrogen (secondary N) is 1. The van der Waals surface area contributed by atoms with Crippen LogP contribution in [-0.4, -0.2) is 23.5 Å². The van der Waals surface area contributed by atoms with Crippen molar-refractivity contribution in [2.24, 2.45) is 5.84 Å². The van der Waals surface area contributed by atoms with Gasteiger partial charge in [-0.05, 0) is 44.6 Å². The normalized spacial score (nSPS) is 14.5. The zero-order chi connectivity index (χ0) is 16.3. The van der Waals surface area contributed by atoms with E-state index in [1.165, 1.54) is 12.1 Å². The fraction of sp³-hybridized carbons (Fsp3) is 0.600. The second-order valence-corrected chi connectivity index (χ2v) is 5.55. The molecule has 3 N–H and O–H groups in total. The quantitative estimate of drug-likeness (QED) is 0.625. The highest BCUT2D eigenvalue weighted by Crippen LogP contribution is 2.33. The predicted octanol–water partition coefficient (Wildman–Crippen LogP) is 3.33. The molecule has 0 heterocycles. The van der Waals surface area contributed by atoms with Gasteiger partial charge in [-0.3, -0.25) is 16.2 Å². The van der Waals surface area contributed by atoms with Crippen LogP contribution >= 0.6 is 0 Å². The molecule has 0 fully saturated rings. The van der Waals surface area contributed by atoms with E-state index in [-0.39, 0.29) is 11.6 Å². The van der Waals surface area contributed by atoms with Crippen molar-refractivity contribution in [3.05, 3.63) is 35.4 Å². The van der Waals surface area contributed by atoms with E-state index in [0.717, 1.165) is 30.8 Å². The zero-order valence-corrected chi connectivity index (χ0v) is 13.0. The van der Waals surface area contributed by atoms with Gasteiger partial charge in [0.2, 0.25) is 0 Å². The number of rotatable bonds is 6. The van der Waals surface area contributed by atoms with E-state index in [1.54, 1.807) is 0 Å². The summed E-state index contributed by atoms with van der Waals surface area (Å²) in [5.41, 5.74) is 2.51. The monoisotopic (exact) mass is 303 g/mol. The third-order valence-corrected chi connectivity index (χ3v) is 4.02. The van der Waals surface area contributed by atoms with Crippen LogP contribution in [0.4, 0.5) is 13.2 Å². The second-order valence-electron chi connectivity index (χ2n) is 5.55. The average molecular weight is 303 g/mol. The van der Waals surface area contributed by atoms with E-state index < -0.39 is 11.7 Å². The van der Waals surface area contributed by atoms with Gasteiger partial charge in [0.15, 0.2) is 0 Å². The van der Waals surface area contributed by atoms with Crippen molar-refractivity contribution in [1.82, 2.24) is 10.3 Å². The topological polar surface area (TPSA) is 41.3 Å². The molecule has 21 heavy (non-hydrogen) atoms. The van der Waals surface area contributed by atoms with Gasteiger partial charge in [-0.1, -0.05) is 26.0 Å². The molecule has 1 aromatic carbocycles. The Balaban J connectivity index is 3.10. The fourth-order valence-electron chi connectivity index (χ4n) is 2.79. The molecule has 1 aromatic rings. The number of nitrogens with zero attached hydrogens (tertiary/aromatic N) is 1. The first-order chi connectivity index (χ1) is 9.68. The third-order valence-electron chi connectivity index (χ3n) is 4.02. The Morgan fingerprint density at radius 1 is 1.10 bits per heavy atom. The van der Waals surface area contributed by atoms with Crippen molar-refractivity contribution in [2.75, 3.05) is 13.1 Å². The van der Waals surface area contributed by atoms with E-state index >= 15 is 0 Å². The highest BCUT2D eigenvalue weighted by atomic mass is 19.4. The number of hydrogen-bond donors (Lipinski definition) is 2. The standard InChI is InChI=1S/C15H24F3N3/c1-5-21(6-2)14(3,4)13(20-19)11-7-9-12(10-8-11)15(16,17)18/h7-10,13,20H,5-6,19H2,1-4H3. The lowest BCUT2D eigenvalue weighted by atomic mass is 9.87. The molecule has 0 bridgehead atoms. The molecule has 0 aliphatic heterocycles. The Labute approximate surface area is 124 Å². The molecule has 0 saturated carbocycles. The molecule has 0 aliphatic carbocycles. The molecule has 1 atom stereocenters. The molecule has 0 amide bonds. The number of alkyl halides is 3. The number of benzene rings is 1. The van der Waals surface area contributed by atoms with E-state index in [9.17, 15) is 13.2 Å². The van der Waals surface area contributed by atoms with Gasteiger partial charge < -0.3 is 0 Å². The van der Waals surface area contributed by atoms with Gasteiger partial charge >= 0.3 is 6.18 Å². The number of nitrogens with two attached hydrogens (primary N) is 1. The number of hydrogen-bond acceptors (Lipinski definition) is 3. The lowest BCUT2D eigenvalue weighted by molar-refractivity contribution is -0.137. The number of likely N-dealkylation sites (N-methyl/N-ethyl adjacent to an activating group) is 1. The van der Waals surface area contributed by atoms with Gasteiger partial charge in [-0.2, -0.15) is 13.2 Å². The van der Waals surface area contributed by atoms with Crippen LogP contribution < -0.4 is 11.3 Å². The second kappa shape index (κ2) is 6.77. The number of halogens is 3. The summed E-state index contributed by atoms with van der Waals surface area (Å²) in [4.78, 5) is 2.22. The van der Waals surface area contributed by atoms with Gasteiger partial charge in [0, 0.05) is 5.54 Å². The fourth-order valence-corrected chi connectivity index (χ4v) is 2.79. The van der Waals surface area contributed by atoms with Gasteiger partial charge in [0.05, 0.1) is 11.6 Å². The van der Waals surface area contributed by atoms with Crippen LogP contribution in [0.3, 0.4) is 0 Å². The van der Waals surface area contributed by atoms with Crippen molar-refractivity contribution in [2.45, 2.75) is 45.5 Å². The first-order valence-corrected chi connectivity index (χ1v) is 7.06. The van der Waals surface area contributed by atoms with E-state index in [0.29, 0.717) is 0 Å². The summed E-state index contributed by atoms with van der Waals surface area (Å²) in [6, 6.07) is 4.90. The molecule has 0 aromatic heterocycles. The maximum absolute atomic E-state index is 12.6. The Kier molecular flexibility index (Phi) is 5.78. The minimum atomic E-state index is -4.32. The van der Waals surface area contributed by atoms with Crippen molar-refractivity contribution >= 4 is 0 Å². The van der Waals surface area contributed by atoms with Crippen LogP contribution in [0.25, 0.3) is 0 Å². The molecule has 120 valence electrons. The van der Waals surface area contributed by atoms with Gasteiger partial charge in [0.1, 0.15) is 0 Å². The smallest absolute Gasteiger partial charge is 0.297 e. The lowest BCUT2D eigenvalue weighted by Crippen LogP contribution is -2.54. The predicted molar refractivity (Wildman–Crippen MR) is 78.5 cm³/mol. The minimum absolute atomic E-state index is 0.264. The maximum atomic E-state index is 12.6. The van der Waals surface area contributed by atoms with Gasteiger partial charge in [0.25, 0.3) is 0 Å². The van der Waals surface area contributed by atoms with Gasteiger partial charge in [-0.25, -0.2) is 0 Å². The van der Waals surface area contributed by atoms with Crippen molar-refractivity contribution in [3.8, 4) is 0 Å². The molecule has 1 unspecified atom stereocenters. The van der Waals surface area contributed by atoms with Crippen molar-refractivity contribution < 1.29 is 13.2 Å². The molecular formula is C15H24F3N3. The Morgan fingerprint density at radius 2 is 1.57 bits per heavy atom. The van der Waals surface area contributed by atoms with Crippen LogP contribution in [0.2, 0.25) is 0 Å². The van der Waals surface area contributed by atoms with Gasteiger partial charge in [-0.15, -0.1) is 0 Å². The first-order valence-electron chi connectivity index (χ1n) is 7.06. The maximum Gasteiger partial charge on any atom is 0.416 e. The summed E-state index contributed by atoms with van der Waals surface area (Å²) >= 11 is 0. The average Bonchev–Trinajstić information content (AvgIpc) is 2.39. The Bertz CT molecular complexity index is 436. The summed E-state index contributed by atoms with van der Waals surface area (Å²) in [6.45, 7) is 9.83. The zero-order valence-electron chi connectivity index (χ0n) is 13.0. The molecule has 1 rings (SSSR count). The number of hydrazine groups is 1. The van der Waals surface area contributed by atoms with Crippen LogP contribution in [0.1, 0.15) is 44.9 Å². The van der Waals surface area contributed by atoms with Crippen molar-refractivity contribution in [1.29, 1.82) is 0 Å². The Morgan fingerprint density at radius 3 is 1.90 bits per heavy atom. The molecule has 0 radical (unpaired) electrons.